The van der Waals surface area contributed by atoms with Gasteiger partial charge in [0.25, 0.3) is 0 Å². The highest BCUT2D eigenvalue weighted by molar-refractivity contribution is 5.17. The zero-order valence-corrected chi connectivity index (χ0v) is 10.2. The molecule has 0 atom stereocenters. The molecule has 0 amide bonds. The Hall–Kier alpha value is -0.900. The van der Waals surface area contributed by atoms with Crippen LogP contribution in [0.5, 0.6) is 0 Å². The molecule has 1 aliphatic carbocycles. The summed E-state index contributed by atoms with van der Waals surface area (Å²) >= 11 is 0. The van der Waals surface area contributed by atoms with E-state index in [1.807, 2.05) is 4.68 Å². The Labute approximate surface area is 96.7 Å². The van der Waals surface area contributed by atoms with Gasteiger partial charge in [-0.25, -0.2) is 4.68 Å². The minimum Gasteiger partial charge on any atom is -0.390 e. The first-order chi connectivity index (χ1) is 7.72. The van der Waals surface area contributed by atoms with Crippen LogP contribution in [0.2, 0.25) is 0 Å². The molecule has 0 aromatic carbocycles. The molecular weight excluding hydrogens is 202 g/mol. The fourth-order valence-electron chi connectivity index (χ4n) is 2.14. The lowest BCUT2D eigenvalue weighted by molar-refractivity contribution is 0.271. The van der Waals surface area contributed by atoms with E-state index in [2.05, 4.69) is 24.2 Å². The summed E-state index contributed by atoms with van der Waals surface area (Å²) in [6.45, 7) is 5.38. The van der Waals surface area contributed by atoms with E-state index in [9.17, 15) is 5.11 Å². The molecule has 16 heavy (non-hydrogen) atoms. The Morgan fingerprint density at radius 1 is 1.44 bits per heavy atom. The minimum absolute atomic E-state index is 0.0213. The molecule has 4 nitrogen and oxygen atoms in total. The standard InChI is InChI=1S/C12H21N3O/c1-9(2)6-7-15-12(10-4-3-5-10)11(8-16)13-14-15/h9-10,16H,3-8H2,1-2H3. The van der Waals surface area contributed by atoms with Crippen molar-refractivity contribution < 1.29 is 5.11 Å². The van der Waals surface area contributed by atoms with Gasteiger partial charge in [0.1, 0.15) is 5.69 Å². The zero-order valence-electron chi connectivity index (χ0n) is 10.2. The second-order valence-electron chi connectivity index (χ2n) is 5.11. The van der Waals surface area contributed by atoms with E-state index in [1.54, 1.807) is 0 Å². The lowest BCUT2D eigenvalue weighted by atomic mass is 9.82. The molecular formula is C12H21N3O. The molecule has 1 N–H and O–H groups in total. The van der Waals surface area contributed by atoms with E-state index in [0.29, 0.717) is 11.8 Å². The van der Waals surface area contributed by atoms with Crippen molar-refractivity contribution in [3.63, 3.8) is 0 Å². The minimum atomic E-state index is 0.0213. The van der Waals surface area contributed by atoms with Crippen LogP contribution in [0.3, 0.4) is 0 Å². The molecule has 0 aliphatic heterocycles. The molecule has 4 heteroatoms. The van der Waals surface area contributed by atoms with Crippen molar-refractivity contribution in [3.8, 4) is 0 Å². The second kappa shape index (κ2) is 4.95. The average Bonchev–Trinajstić information content (AvgIpc) is 2.55. The Bertz CT molecular complexity index is 342. The van der Waals surface area contributed by atoms with Crippen molar-refractivity contribution in [1.82, 2.24) is 15.0 Å². The van der Waals surface area contributed by atoms with Gasteiger partial charge in [-0.1, -0.05) is 25.5 Å². The number of aliphatic hydroxyl groups excluding tert-OH is 1. The summed E-state index contributed by atoms with van der Waals surface area (Å²) in [5.74, 6) is 1.26. The number of hydrogen-bond acceptors (Lipinski definition) is 3. The maximum absolute atomic E-state index is 9.26. The van der Waals surface area contributed by atoms with Gasteiger partial charge in [0.05, 0.1) is 12.3 Å². The van der Waals surface area contributed by atoms with Gasteiger partial charge in [0.15, 0.2) is 0 Å². The van der Waals surface area contributed by atoms with Gasteiger partial charge in [-0.3, -0.25) is 0 Å². The second-order valence-corrected chi connectivity index (χ2v) is 5.11. The van der Waals surface area contributed by atoms with Crippen molar-refractivity contribution in [2.75, 3.05) is 0 Å². The van der Waals surface area contributed by atoms with Crippen LogP contribution >= 0.6 is 0 Å². The lowest BCUT2D eigenvalue weighted by Crippen LogP contribution is -2.17. The Morgan fingerprint density at radius 3 is 2.69 bits per heavy atom. The third-order valence-corrected chi connectivity index (χ3v) is 3.41. The molecule has 1 saturated carbocycles. The quantitative estimate of drug-likeness (QED) is 0.831. The summed E-state index contributed by atoms with van der Waals surface area (Å²) < 4.78 is 2.01. The van der Waals surface area contributed by atoms with Gasteiger partial charge < -0.3 is 5.11 Å². The first-order valence-electron chi connectivity index (χ1n) is 6.25. The molecule has 90 valence electrons. The highest BCUT2D eigenvalue weighted by Crippen LogP contribution is 2.37. The van der Waals surface area contributed by atoms with Crippen molar-refractivity contribution in [2.24, 2.45) is 5.92 Å². The Morgan fingerprint density at radius 2 is 2.19 bits per heavy atom. The molecule has 0 bridgehead atoms. The molecule has 2 rings (SSSR count). The van der Waals surface area contributed by atoms with Gasteiger partial charge in [0, 0.05) is 12.5 Å². The van der Waals surface area contributed by atoms with E-state index in [-0.39, 0.29) is 6.61 Å². The Balaban J connectivity index is 2.13. The van der Waals surface area contributed by atoms with Crippen molar-refractivity contribution in [2.45, 2.75) is 58.6 Å². The molecule has 1 aromatic rings. The molecule has 0 unspecified atom stereocenters. The van der Waals surface area contributed by atoms with Crippen LogP contribution in [0.15, 0.2) is 0 Å². The van der Waals surface area contributed by atoms with E-state index >= 15 is 0 Å². The number of aryl methyl sites for hydroxylation is 1. The SMILES string of the molecule is CC(C)CCn1nnc(CO)c1C1CCC1. The van der Waals surface area contributed by atoms with Gasteiger partial charge in [0.2, 0.25) is 0 Å². The number of nitrogens with zero attached hydrogens (tertiary/aromatic N) is 3. The summed E-state index contributed by atoms with van der Waals surface area (Å²) in [6.07, 6.45) is 4.86. The van der Waals surface area contributed by atoms with Gasteiger partial charge >= 0.3 is 0 Å². The van der Waals surface area contributed by atoms with E-state index in [0.717, 1.165) is 18.7 Å². The van der Waals surface area contributed by atoms with E-state index in [1.165, 1.54) is 25.0 Å². The van der Waals surface area contributed by atoms with Gasteiger partial charge in [-0.2, -0.15) is 0 Å². The highest BCUT2D eigenvalue weighted by Gasteiger charge is 2.27. The largest absolute Gasteiger partial charge is 0.390 e. The van der Waals surface area contributed by atoms with Crippen LogP contribution in [0.4, 0.5) is 0 Å². The summed E-state index contributed by atoms with van der Waals surface area (Å²) in [7, 11) is 0. The molecule has 1 fully saturated rings. The van der Waals surface area contributed by atoms with Crippen LogP contribution in [0, 0.1) is 5.92 Å². The van der Waals surface area contributed by atoms with Gasteiger partial charge in [-0.05, 0) is 25.2 Å². The monoisotopic (exact) mass is 223 g/mol. The molecule has 1 aromatic heterocycles. The third kappa shape index (κ3) is 2.26. The van der Waals surface area contributed by atoms with Gasteiger partial charge in [-0.15, -0.1) is 5.10 Å². The maximum Gasteiger partial charge on any atom is 0.112 e. The fourth-order valence-corrected chi connectivity index (χ4v) is 2.14. The summed E-state index contributed by atoms with van der Waals surface area (Å²) in [5.41, 5.74) is 1.97. The molecule has 0 spiro atoms. The molecule has 0 radical (unpaired) electrons. The molecule has 1 aliphatic rings. The predicted molar refractivity (Wildman–Crippen MR) is 62.0 cm³/mol. The van der Waals surface area contributed by atoms with Crippen molar-refractivity contribution in [3.05, 3.63) is 11.4 Å². The number of rotatable bonds is 5. The maximum atomic E-state index is 9.26. The molecule has 0 saturated heterocycles. The van der Waals surface area contributed by atoms with E-state index in [4.69, 9.17) is 0 Å². The fraction of sp³-hybridized carbons (Fsp3) is 0.833. The zero-order chi connectivity index (χ0) is 11.5. The highest BCUT2D eigenvalue weighted by atomic mass is 16.3. The lowest BCUT2D eigenvalue weighted by Gasteiger charge is -2.26. The first kappa shape index (κ1) is 11.6. The third-order valence-electron chi connectivity index (χ3n) is 3.41. The summed E-state index contributed by atoms with van der Waals surface area (Å²) in [4.78, 5) is 0. The van der Waals surface area contributed by atoms with Crippen molar-refractivity contribution >= 4 is 0 Å². The first-order valence-corrected chi connectivity index (χ1v) is 6.25. The van der Waals surface area contributed by atoms with E-state index < -0.39 is 0 Å². The smallest absolute Gasteiger partial charge is 0.112 e. The Kier molecular flexibility index (Phi) is 3.59. The van der Waals surface area contributed by atoms with Crippen LogP contribution in [0.1, 0.15) is 56.8 Å². The topological polar surface area (TPSA) is 50.9 Å². The summed E-state index contributed by atoms with van der Waals surface area (Å²) in [5, 5.41) is 17.5. The van der Waals surface area contributed by atoms with Crippen LogP contribution in [-0.4, -0.2) is 20.1 Å². The normalized spacial score (nSPS) is 16.8. The average molecular weight is 223 g/mol. The van der Waals surface area contributed by atoms with Crippen LogP contribution in [-0.2, 0) is 13.2 Å². The van der Waals surface area contributed by atoms with Crippen LogP contribution in [0.25, 0.3) is 0 Å². The molecule has 1 heterocycles. The van der Waals surface area contributed by atoms with Crippen molar-refractivity contribution in [1.29, 1.82) is 0 Å². The summed E-state index contributed by atoms with van der Waals surface area (Å²) in [6, 6.07) is 0. The predicted octanol–water partition coefficient (Wildman–Crippen LogP) is 2.08. The van der Waals surface area contributed by atoms with Crippen LogP contribution < -0.4 is 0 Å². The number of hydrogen-bond donors (Lipinski definition) is 1. The number of aromatic nitrogens is 3. The number of aliphatic hydroxyl groups is 1.